The molecule has 5 aromatic carbocycles. The van der Waals surface area contributed by atoms with Gasteiger partial charge in [0.2, 0.25) is 0 Å². The molecule has 0 bridgehead atoms. The normalized spacial score (nSPS) is 15.6. The van der Waals surface area contributed by atoms with Gasteiger partial charge in [-0.25, -0.2) is 15.0 Å². The summed E-state index contributed by atoms with van der Waals surface area (Å²) in [7, 11) is 0. The van der Waals surface area contributed by atoms with E-state index in [1.807, 2.05) is 84.1 Å². The minimum atomic E-state index is 0.0439. The highest BCUT2D eigenvalue weighted by Gasteiger charge is 2.28. The maximum absolute atomic E-state index is 6.58. The van der Waals surface area contributed by atoms with Crippen LogP contribution >= 0.6 is 11.3 Å². The second-order valence-electron chi connectivity index (χ2n) is 12.7. The standard InChI is InChI=1S/C46H33N3OS/c1-3-4-22-35-36-24-14-23-34(30-16-8-5-9-17-30)43(36)51-42(35)33-27-28-39-40(29(33)2)41-37(25-15-26-38(41)50-39)46-48-44(31-18-10-6-11-19-31)47-45(49-46)32-20-12-7-13-21-32/h3-29H,1-2H3/b4-3-,35-22-,42-33+. The van der Waals surface area contributed by atoms with Crippen molar-refractivity contribution in [1.82, 2.24) is 15.0 Å². The molecule has 0 fully saturated rings. The molecule has 1 atom stereocenters. The summed E-state index contributed by atoms with van der Waals surface area (Å²) in [6.07, 6.45) is 10.9. The highest BCUT2D eigenvalue weighted by atomic mass is 32.1. The van der Waals surface area contributed by atoms with Crippen LogP contribution in [0.1, 0.15) is 31.1 Å². The third-order valence-electron chi connectivity index (χ3n) is 9.59. The number of rotatable bonds is 5. The van der Waals surface area contributed by atoms with Crippen molar-refractivity contribution in [3.63, 3.8) is 0 Å². The average molecular weight is 676 g/mol. The van der Waals surface area contributed by atoms with E-state index >= 15 is 0 Å². The molecule has 8 aromatic rings. The van der Waals surface area contributed by atoms with Crippen LogP contribution in [0.3, 0.4) is 0 Å². The third kappa shape index (κ3) is 5.43. The Morgan fingerprint density at radius 1 is 0.627 bits per heavy atom. The van der Waals surface area contributed by atoms with E-state index in [1.54, 1.807) is 0 Å². The Morgan fingerprint density at radius 3 is 1.90 bits per heavy atom. The number of hydrogen-bond donors (Lipinski definition) is 0. The van der Waals surface area contributed by atoms with Crippen molar-refractivity contribution in [3.05, 3.63) is 167 Å². The fourth-order valence-electron chi connectivity index (χ4n) is 7.15. The van der Waals surface area contributed by atoms with Crippen LogP contribution in [-0.4, -0.2) is 15.0 Å². The van der Waals surface area contributed by atoms with Crippen LogP contribution in [0.2, 0.25) is 0 Å². The molecule has 0 saturated heterocycles. The monoisotopic (exact) mass is 675 g/mol. The minimum Gasteiger partial charge on any atom is -0.456 e. The van der Waals surface area contributed by atoms with Gasteiger partial charge in [0.05, 0.1) is 0 Å². The zero-order valence-corrected chi connectivity index (χ0v) is 29.1. The van der Waals surface area contributed by atoms with Crippen molar-refractivity contribution in [2.24, 2.45) is 0 Å². The molecule has 9 rings (SSSR count). The smallest absolute Gasteiger partial charge is 0.164 e. The van der Waals surface area contributed by atoms with Crippen molar-refractivity contribution < 1.29 is 4.42 Å². The number of allylic oxidation sites excluding steroid dienone is 3. The van der Waals surface area contributed by atoms with Gasteiger partial charge in [0.25, 0.3) is 0 Å². The molecule has 0 spiro atoms. The summed E-state index contributed by atoms with van der Waals surface area (Å²) in [4.78, 5) is 15.1. The van der Waals surface area contributed by atoms with Crippen LogP contribution in [0.4, 0.5) is 0 Å². The zero-order valence-electron chi connectivity index (χ0n) is 28.2. The number of benzene rings is 5. The fraction of sp³-hybridized carbons (Fsp3) is 0.0652. The lowest BCUT2D eigenvalue weighted by molar-refractivity contribution is 0.596. The number of hydrogen-bond acceptors (Lipinski definition) is 5. The second-order valence-corrected chi connectivity index (χ2v) is 13.7. The SMILES string of the molecule is C\C=C/C=c1\c(=C2\C=Cc3oc4cccc(-c5nc(-c6ccccc6)nc(-c6ccccc6)n5)c4c3C2C)sc2c(-c3ccccc3)cccc12. The first kappa shape index (κ1) is 30.9. The van der Waals surface area contributed by atoms with E-state index in [9.17, 15) is 0 Å². The first-order valence-electron chi connectivity index (χ1n) is 17.2. The van der Waals surface area contributed by atoms with Gasteiger partial charge < -0.3 is 4.42 Å². The van der Waals surface area contributed by atoms with E-state index in [0.717, 1.165) is 39.0 Å². The van der Waals surface area contributed by atoms with Crippen LogP contribution in [0.15, 0.2) is 150 Å². The van der Waals surface area contributed by atoms with Gasteiger partial charge in [-0.15, -0.1) is 11.3 Å². The highest BCUT2D eigenvalue weighted by Crippen LogP contribution is 2.44. The van der Waals surface area contributed by atoms with E-state index in [1.165, 1.54) is 36.5 Å². The number of fused-ring (bicyclic) bond motifs is 4. The predicted octanol–water partition coefficient (Wildman–Crippen LogP) is 10.8. The van der Waals surface area contributed by atoms with Crippen LogP contribution in [-0.2, 0) is 0 Å². The molecule has 244 valence electrons. The Morgan fingerprint density at radius 2 is 1.24 bits per heavy atom. The van der Waals surface area contributed by atoms with E-state index < -0.39 is 0 Å². The van der Waals surface area contributed by atoms with E-state index in [-0.39, 0.29) is 5.92 Å². The lowest BCUT2D eigenvalue weighted by atomic mass is 9.85. The largest absolute Gasteiger partial charge is 0.456 e. The Bertz CT molecular complexity index is 2700. The summed E-state index contributed by atoms with van der Waals surface area (Å²) in [5.41, 5.74) is 8.52. The molecule has 5 heteroatoms. The lowest BCUT2D eigenvalue weighted by Gasteiger charge is -2.18. The van der Waals surface area contributed by atoms with Crippen molar-refractivity contribution >= 4 is 50.1 Å². The lowest BCUT2D eigenvalue weighted by Crippen LogP contribution is -2.23. The van der Waals surface area contributed by atoms with Crippen LogP contribution < -0.4 is 9.75 Å². The molecule has 0 aliphatic heterocycles. The summed E-state index contributed by atoms with van der Waals surface area (Å²) in [6, 6.07) is 43.7. The number of aromatic nitrogens is 3. The quantitative estimate of drug-likeness (QED) is 0.182. The molecular weight excluding hydrogens is 643 g/mol. The second kappa shape index (κ2) is 12.9. The molecule has 0 radical (unpaired) electrons. The molecule has 3 aromatic heterocycles. The van der Waals surface area contributed by atoms with Crippen LogP contribution in [0.25, 0.3) is 84.1 Å². The fourth-order valence-corrected chi connectivity index (χ4v) is 8.59. The number of thiophene rings is 1. The molecule has 1 aliphatic rings. The zero-order chi connectivity index (χ0) is 34.3. The molecule has 0 N–H and O–H groups in total. The molecule has 1 aliphatic carbocycles. The first-order valence-corrected chi connectivity index (χ1v) is 18.0. The van der Waals surface area contributed by atoms with Crippen molar-refractivity contribution in [2.75, 3.05) is 0 Å². The van der Waals surface area contributed by atoms with Gasteiger partial charge in [-0.2, -0.15) is 0 Å². The van der Waals surface area contributed by atoms with E-state index in [0.29, 0.717) is 17.5 Å². The molecule has 3 heterocycles. The third-order valence-corrected chi connectivity index (χ3v) is 10.9. The molecule has 0 amide bonds. The van der Waals surface area contributed by atoms with E-state index in [4.69, 9.17) is 19.4 Å². The molecule has 51 heavy (non-hydrogen) atoms. The summed E-state index contributed by atoms with van der Waals surface area (Å²) >= 11 is 1.87. The first-order chi connectivity index (χ1) is 25.2. The van der Waals surface area contributed by atoms with Gasteiger partial charge in [0.15, 0.2) is 17.5 Å². The summed E-state index contributed by atoms with van der Waals surface area (Å²) in [6.45, 7) is 4.36. The molecular formula is C46H33N3OS. The number of furan rings is 1. The van der Waals surface area contributed by atoms with Crippen molar-refractivity contribution in [1.29, 1.82) is 0 Å². The summed E-state index contributed by atoms with van der Waals surface area (Å²) < 4.78 is 9.14. The van der Waals surface area contributed by atoms with Gasteiger partial charge in [-0.05, 0) is 35.8 Å². The topological polar surface area (TPSA) is 51.8 Å². The predicted molar refractivity (Wildman–Crippen MR) is 213 cm³/mol. The van der Waals surface area contributed by atoms with E-state index in [2.05, 4.69) is 98.8 Å². The van der Waals surface area contributed by atoms with Crippen LogP contribution in [0, 0.1) is 0 Å². The Kier molecular flexibility index (Phi) is 7.83. The molecule has 4 nitrogen and oxygen atoms in total. The Balaban J connectivity index is 1.28. The van der Waals surface area contributed by atoms with Gasteiger partial charge in [0, 0.05) is 53.4 Å². The van der Waals surface area contributed by atoms with Gasteiger partial charge in [-0.3, -0.25) is 0 Å². The van der Waals surface area contributed by atoms with Crippen LogP contribution in [0.5, 0.6) is 0 Å². The maximum atomic E-state index is 6.58. The van der Waals surface area contributed by atoms with Crippen molar-refractivity contribution in [3.8, 4) is 45.3 Å². The van der Waals surface area contributed by atoms with Gasteiger partial charge >= 0.3 is 0 Å². The number of nitrogens with zero attached hydrogens (tertiary/aromatic N) is 3. The molecule has 1 unspecified atom stereocenters. The van der Waals surface area contributed by atoms with Gasteiger partial charge in [0.1, 0.15) is 11.3 Å². The maximum Gasteiger partial charge on any atom is 0.164 e. The summed E-state index contributed by atoms with van der Waals surface area (Å²) in [5, 5.41) is 3.54. The molecule has 0 saturated carbocycles. The van der Waals surface area contributed by atoms with Crippen molar-refractivity contribution in [2.45, 2.75) is 19.8 Å². The summed E-state index contributed by atoms with van der Waals surface area (Å²) in [5.74, 6) is 2.81. The Hall–Kier alpha value is -6.17. The average Bonchev–Trinajstić information content (AvgIpc) is 3.77. The minimum absolute atomic E-state index is 0.0439. The Labute approximate surface area is 300 Å². The van der Waals surface area contributed by atoms with Gasteiger partial charge in [-0.1, -0.05) is 153 Å². The highest BCUT2D eigenvalue weighted by molar-refractivity contribution is 7.17.